The smallest absolute Gasteiger partial charge is 0.332 e. The van der Waals surface area contributed by atoms with E-state index in [4.69, 9.17) is 28.4 Å². The van der Waals surface area contributed by atoms with E-state index < -0.39 is 43.0 Å². The van der Waals surface area contributed by atoms with E-state index in [0.29, 0.717) is 24.9 Å². The topological polar surface area (TPSA) is 165 Å². The van der Waals surface area contributed by atoms with Crippen LogP contribution in [0, 0.1) is 11.8 Å². The number of ether oxygens (including phenoxy) is 6. The molecule has 0 aliphatic heterocycles. The van der Waals surface area contributed by atoms with E-state index >= 15 is 0 Å². The number of carbonyl (C=O) groups excluding carboxylic acids is 5. The predicted octanol–water partition coefficient (Wildman–Crippen LogP) is 1.59. The van der Waals surface area contributed by atoms with Gasteiger partial charge in [-0.3, -0.25) is 4.79 Å². The molecular formula is C29H52N2O11. The molecule has 0 aliphatic carbocycles. The van der Waals surface area contributed by atoms with Crippen LogP contribution >= 0.6 is 0 Å². The number of rotatable bonds is 26. The van der Waals surface area contributed by atoms with Crippen LogP contribution in [0.15, 0.2) is 0 Å². The highest BCUT2D eigenvalue weighted by molar-refractivity contribution is 5.83. The van der Waals surface area contributed by atoms with Gasteiger partial charge in [-0.05, 0) is 38.8 Å². The van der Waals surface area contributed by atoms with Crippen LogP contribution in [-0.2, 0) is 52.4 Å². The quantitative estimate of drug-likeness (QED) is 0.0831. The maximum Gasteiger partial charge on any atom is 0.332 e. The number of esters is 4. The first-order valence-corrected chi connectivity index (χ1v) is 14.7. The summed E-state index contributed by atoms with van der Waals surface area (Å²) in [4.78, 5) is 59.7. The maximum absolute atomic E-state index is 12.6. The molecular weight excluding hydrogens is 552 g/mol. The minimum Gasteiger partial charge on any atom is -0.464 e. The van der Waals surface area contributed by atoms with Crippen LogP contribution in [0.2, 0.25) is 0 Å². The zero-order valence-corrected chi connectivity index (χ0v) is 26.2. The molecule has 13 nitrogen and oxygen atoms in total. The SMILES string of the molecule is CC(C)NCCCOC(=O)COCC(=O)OCCC(CCOC(=O)COCC(=O)OCCCNC(C)C)C(=O)C(C)C. The molecule has 0 aromatic rings. The Hall–Kier alpha value is -2.61. The monoisotopic (exact) mass is 604 g/mol. The van der Waals surface area contributed by atoms with Gasteiger partial charge in [-0.15, -0.1) is 0 Å². The Kier molecular flexibility index (Phi) is 23.4. The second-order valence-electron chi connectivity index (χ2n) is 10.6. The van der Waals surface area contributed by atoms with Gasteiger partial charge in [0.15, 0.2) is 0 Å². The highest BCUT2D eigenvalue weighted by atomic mass is 16.6. The lowest BCUT2D eigenvalue weighted by atomic mass is 9.90. The number of carbonyl (C=O) groups is 5. The summed E-state index contributed by atoms with van der Waals surface area (Å²) in [6, 6.07) is 0.711. The first kappa shape index (κ1) is 39.4. The molecule has 0 rings (SSSR count). The van der Waals surface area contributed by atoms with Gasteiger partial charge in [0, 0.05) is 23.9 Å². The van der Waals surface area contributed by atoms with Gasteiger partial charge in [-0.2, -0.15) is 0 Å². The average Bonchev–Trinajstić information content (AvgIpc) is 2.91. The lowest BCUT2D eigenvalue weighted by molar-refractivity contribution is -0.156. The van der Waals surface area contributed by atoms with Crippen molar-refractivity contribution in [1.82, 2.24) is 10.6 Å². The van der Waals surface area contributed by atoms with Crippen molar-refractivity contribution in [3.8, 4) is 0 Å². The van der Waals surface area contributed by atoms with Crippen LogP contribution < -0.4 is 10.6 Å². The van der Waals surface area contributed by atoms with Gasteiger partial charge in [0.1, 0.15) is 32.2 Å². The van der Waals surface area contributed by atoms with E-state index in [1.807, 2.05) is 27.7 Å². The van der Waals surface area contributed by atoms with E-state index in [9.17, 15) is 24.0 Å². The van der Waals surface area contributed by atoms with E-state index in [0.717, 1.165) is 13.1 Å². The molecule has 0 aromatic heterocycles. The molecule has 0 unspecified atom stereocenters. The summed E-state index contributed by atoms with van der Waals surface area (Å²) in [6.07, 6.45) is 1.81. The number of hydrogen-bond acceptors (Lipinski definition) is 13. The van der Waals surface area contributed by atoms with Crippen LogP contribution in [0.4, 0.5) is 0 Å². The minimum absolute atomic E-state index is 0.0364. The predicted molar refractivity (Wildman–Crippen MR) is 154 cm³/mol. The first-order valence-electron chi connectivity index (χ1n) is 14.7. The molecule has 0 spiro atoms. The van der Waals surface area contributed by atoms with Crippen molar-refractivity contribution in [2.24, 2.45) is 11.8 Å². The summed E-state index contributed by atoms with van der Waals surface area (Å²) in [6.45, 7) is 11.9. The van der Waals surface area contributed by atoms with Gasteiger partial charge in [0.05, 0.1) is 26.4 Å². The average molecular weight is 605 g/mol. The van der Waals surface area contributed by atoms with E-state index in [2.05, 4.69) is 10.6 Å². The maximum atomic E-state index is 12.6. The van der Waals surface area contributed by atoms with Crippen molar-refractivity contribution in [2.75, 3.05) is 65.9 Å². The van der Waals surface area contributed by atoms with Crippen molar-refractivity contribution in [3.63, 3.8) is 0 Å². The van der Waals surface area contributed by atoms with Gasteiger partial charge in [0.2, 0.25) is 0 Å². The summed E-state index contributed by atoms with van der Waals surface area (Å²) in [7, 11) is 0. The largest absolute Gasteiger partial charge is 0.464 e. The molecule has 42 heavy (non-hydrogen) atoms. The molecule has 244 valence electrons. The van der Waals surface area contributed by atoms with Gasteiger partial charge in [-0.1, -0.05) is 41.5 Å². The van der Waals surface area contributed by atoms with Gasteiger partial charge >= 0.3 is 23.9 Å². The summed E-state index contributed by atoms with van der Waals surface area (Å²) in [5.41, 5.74) is 0. The van der Waals surface area contributed by atoms with Crippen LogP contribution in [-0.4, -0.2) is 108 Å². The molecule has 0 amide bonds. The normalized spacial score (nSPS) is 11.3. The Morgan fingerprint density at radius 1 is 0.524 bits per heavy atom. The number of nitrogens with one attached hydrogen (secondary N) is 2. The molecule has 0 bridgehead atoms. The zero-order valence-electron chi connectivity index (χ0n) is 26.2. The fourth-order valence-corrected chi connectivity index (χ4v) is 3.43. The van der Waals surface area contributed by atoms with Crippen molar-refractivity contribution in [1.29, 1.82) is 0 Å². The summed E-state index contributed by atoms with van der Waals surface area (Å²) < 4.78 is 30.4. The van der Waals surface area contributed by atoms with E-state index in [1.54, 1.807) is 13.8 Å². The van der Waals surface area contributed by atoms with Gasteiger partial charge in [-0.25, -0.2) is 19.2 Å². The van der Waals surface area contributed by atoms with Crippen molar-refractivity contribution >= 4 is 29.7 Å². The van der Waals surface area contributed by atoms with Crippen LogP contribution in [0.1, 0.15) is 67.2 Å². The third kappa shape index (κ3) is 24.0. The third-order valence-corrected chi connectivity index (χ3v) is 5.58. The lowest BCUT2D eigenvalue weighted by Gasteiger charge is -2.18. The molecule has 0 atom stereocenters. The molecule has 0 saturated heterocycles. The van der Waals surface area contributed by atoms with Crippen LogP contribution in [0.5, 0.6) is 0 Å². The number of ketones is 1. The van der Waals surface area contributed by atoms with Crippen LogP contribution in [0.3, 0.4) is 0 Å². The first-order chi connectivity index (χ1) is 19.9. The van der Waals surface area contributed by atoms with Crippen LogP contribution in [0.25, 0.3) is 0 Å². The summed E-state index contributed by atoms with van der Waals surface area (Å²) >= 11 is 0. The second kappa shape index (κ2) is 24.9. The Labute approximate surface area is 250 Å². The zero-order chi connectivity index (χ0) is 31.8. The van der Waals surface area contributed by atoms with Crippen molar-refractivity contribution in [2.45, 2.75) is 79.3 Å². The molecule has 0 fully saturated rings. The fourth-order valence-electron chi connectivity index (χ4n) is 3.43. The number of Topliss-reactive ketones (excluding diaryl/α,β-unsaturated/α-hetero) is 1. The Morgan fingerprint density at radius 2 is 0.857 bits per heavy atom. The molecule has 0 aromatic carbocycles. The number of hydrogen-bond donors (Lipinski definition) is 2. The van der Waals surface area contributed by atoms with Gasteiger partial charge < -0.3 is 39.1 Å². The minimum atomic E-state index is -0.672. The molecule has 0 radical (unpaired) electrons. The Balaban J connectivity index is 4.13. The van der Waals surface area contributed by atoms with E-state index in [1.165, 1.54) is 0 Å². The summed E-state index contributed by atoms with van der Waals surface area (Å²) in [5, 5.41) is 6.41. The Morgan fingerprint density at radius 3 is 1.17 bits per heavy atom. The highest BCUT2D eigenvalue weighted by Gasteiger charge is 2.22. The van der Waals surface area contributed by atoms with Crippen molar-refractivity contribution < 1.29 is 52.4 Å². The van der Waals surface area contributed by atoms with E-state index in [-0.39, 0.29) is 64.2 Å². The lowest BCUT2D eigenvalue weighted by Crippen LogP contribution is -2.26. The molecule has 0 saturated carbocycles. The third-order valence-electron chi connectivity index (χ3n) is 5.58. The highest BCUT2D eigenvalue weighted by Crippen LogP contribution is 2.16. The standard InChI is InChI=1S/C29H52N2O11/c1-21(2)29(36)24(9-15-41-27(34)19-37-17-25(32)39-13-7-11-30-22(3)4)10-16-42-28(35)20-38-18-26(33)40-14-8-12-31-23(5)6/h21-24,30-31H,7-20H2,1-6H3. The molecule has 2 N–H and O–H groups in total. The second-order valence-corrected chi connectivity index (χ2v) is 10.6. The van der Waals surface area contributed by atoms with Crippen molar-refractivity contribution in [3.05, 3.63) is 0 Å². The molecule has 0 heterocycles. The summed E-state index contributed by atoms with van der Waals surface area (Å²) in [5.74, 6) is -3.28. The Bertz CT molecular complexity index is 734. The van der Waals surface area contributed by atoms with Gasteiger partial charge in [0.25, 0.3) is 0 Å². The molecule has 0 aliphatic rings. The fraction of sp³-hybridized carbons (Fsp3) is 0.828. The molecule has 13 heteroatoms.